The lowest BCUT2D eigenvalue weighted by Crippen LogP contribution is -2.52. The molecule has 0 aromatic rings. The molecule has 1 rings (SSSR count). The highest BCUT2D eigenvalue weighted by atomic mass is 19.3. The van der Waals surface area contributed by atoms with Gasteiger partial charge in [0.05, 0.1) is 13.0 Å². The fraction of sp³-hybridized carbons (Fsp3) is 0.800. The van der Waals surface area contributed by atoms with Crippen molar-refractivity contribution in [3.63, 3.8) is 0 Å². The molecule has 0 aromatic heterocycles. The second-order valence-corrected chi connectivity index (χ2v) is 4.04. The van der Waals surface area contributed by atoms with Crippen LogP contribution in [0, 0.1) is 5.92 Å². The van der Waals surface area contributed by atoms with Crippen LogP contribution in [0.1, 0.15) is 12.8 Å². The number of hydrogen-bond acceptors (Lipinski definition) is 3. The van der Waals surface area contributed by atoms with Crippen LogP contribution in [0.2, 0.25) is 0 Å². The first-order valence-corrected chi connectivity index (χ1v) is 5.33. The molecule has 0 spiro atoms. The SMILES string of the molecule is COC(=O)[C@H]1CCCN(C(=O)C(F)(F)C(F)F)C1. The largest absolute Gasteiger partial charge is 0.469 e. The van der Waals surface area contributed by atoms with Gasteiger partial charge in [0.1, 0.15) is 0 Å². The van der Waals surface area contributed by atoms with E-state index in [1.165, 1.54) is 0 Å². The van der Waals surface area contributed by atoms with Crippen LogP contribution in [-0.2, 0) is 14.3 Å². The van der Waals surface area contributed by atoms with Gasteiger partial charge in [0.15, 0.2) is 0 Å². The molecule has 1 atom stereocenters. The Morgan fingerprint density at radius 1 is 1.39 bits per heavy atom. The number of alkyl halides is 4. The summed E-state index contributed by atoms with van der Waals surface area (Å²) in [6.07, 6.45) is -3.37. The van der Waals surface area contributed by atoms with Crippen molar-refractivity contribution in [2.75, 3.05) is 20.2 Å². The fourth-order valence-electron chi connectivity index (χ4n) is 1.82. The van der Waals surface area contributed by atoms with Crippen LogP contribution in [0.15, 0.2) is 0 Å². The minimum atomic E-state index is -4.71. The van der Waals surface area contributed by atoms with E-state index < -0.39 is 30.1 Å². The van der Waals surface area contributed by atoms with Crippen molar-refractivity contribution in [3.05, 3.63) is 0 Å². The van der Waals surface area contributed by atoms with Crippen molar-refractivity contribution >= 4 is 11.9 Å². The van der Waals surface area contributed by atoms with E-state index in [-0.39, 0.29) is 13.1 Å². The molecule has 18 heavy (non-hydrogen) atoms. The van der Waals surface area contributed by atoms with E-state index >= 15 is 0 Å². The number of carbonyl (C=O) groups excluding carboxylic acids is 2. The highest BCUT2D eigenvalue weighted by Crippen LogP contribution is 2.28. The molecular formula is C10H13F4NO3. The molecule has 1 fully saturated rings. The zero-order valence-corrected chi connectivity index (χ0v) is 9.67. The molecule has 1 aliphatic rings. The number of nitrogens with zero attached hydrogens (tertiary/aromatic N) is 1. The van der Waals surface area contributed by atoms with Crippen LogP contribution in [-0.4, -0.2) is 49.3 Å². The van der Waals surface area contributed by atoms with Gasteiger partial charge in [0.25, 0.3) is 5.91 Å². The second kappa shape index (κ2) is 5.53. The molecule has 0 N–H and O–H groups in total. The van der Waals surface area contributed by atoms with Crippen LogP contribution in [0.3, 0.4) is 0 Å². The Morgan fingerprint density at radius 3 is 2.50 bits per heavy atom. The summed E-state index contributed by atoms with van der Waals surface area (Å²) in [7, 11) is 1.14. The Bertz CT molecular complexity index is 335. The standard InChI is InChI=1S/C10H13F4NO3/c1-18-7(16)6-3-2-4-15(5-6)9(17)10(13,14)8(11)12/h6,8H,2-5H2,1H3/t6-/m0/s1. The number of methoxy groups -OCH3 is 1. The fourth-order valence-corrected chi connectivity index (χ4v) is 1.82. The van der Waals surface area contributed by atoms with Crippen LogP contribution in [0.25, 0.3) is 0 Å². The molecule has 0 saturated carbocycles. The first-order chi connectivity index (χ1) is 8.30. The second-order valence-electron chi connectivity index (χ2n) is 4.04. The molecular weight excluding hydrogens is 258 g/mol. The summed E-state index contributed by atoms with van der Waals surface area (Å²) in [6.45, 7) is -0.373. The lowest BCUT2D eigenvalue weighted by molar-refractivity contribution is -0.183. The maximum atomic E-state index is 12.9. The van der Waals surface area contributed by atoms with Crippen molar-refractivity contribution in [1.82, 2.24) is 4.90 Å². The number of halogens is 4. The monoisotopic (exact) mass is 271 g/mol. The van der Waals surface area contributed by atoms with Gasteiger partial charge < -0.3 is 9.64 Å². The molecule has 1 amide bonds. The number of ether oxygens (including phenoxy) is 1. The summed E-state index contributed by atoms with van der Waals surface area (Å²) < 4.78 is 54.3. The maximum Gasteiger partial charge on any atom is 0.383 e. The third-order valence-electron chi connectivity index (χ3n) is 2.80. The van der Waals surface area contributed by atoms with E-state index in [4.69, 9.17) is 0 Å². The van der Waals surface area contributed by atoms with Crippen molar-refractivity contribution in [2.45, 2.75) is 25.2 Å². The first-order valence-electron chi connectivity index (χ1n) is 5.33. The number of hydrogen-bond donors (Lipinski definition) is 0. The van der Waals surface area contributed by atoms with Crippen LogP contribution in [0.5, 0.6) is 0 Å². The molecule has 0 aliphatic carbocycles. The summed E-state index contributed by atoms with van der Waals surface area (Å²) >= 11 is 0. The molecule has 1 saturated heterocycles. The van der Waals surface area contributed by atoms with Crippen LogP contribution < -0.4 is 0 Å². The molecule has 0 bridgehead atoms. The number of esters is 1. The highest BCUT2D eigenvalue weighted by molar-refractivity contribution is 5.85. The molecule has 8 heteroatoms. The van der Waals surface area contributed by atoms with E-state index in [0.29, 0.717) is 17.7 Å². The average Bonchev–Trinajstić information content (AvgIpc) is 2.36. The van der Waals surface area contributed by atoms with Crippen molar-refractivity contribution in [1.29, 1.82) is 0 Å². The zero-order chi connectivity index (χ0) is 13.9. The van der Waals surface area contributed by atoms with E-state index in [0.717, 1.165) is 7.11 Å². The molecule has 0 aromatic carbocycles. The summed E-state index contributed by atoms with van der Waals surface area (Å²) in [6, 6.07) is 0. The maximum absolute atomic E-state index is 12.9. The third kappa shape index (κ3) is 2.91. The van der Waals surface area contributed by atoms with E-state index in [1.54, 1.807) is 0 Å². The lowest BCUT2D eigenvalue weighted by atomic mass is 9.98. The first kappa shape index (κ1) is 14.7. The Hall–Kier alpha value is -1.34. The molecule has 104 valence electrons. The van der Waals surface area contributed by atoms with Gasteiger partial charge in [0.2, 0.25) is 0 Å². The van der Waals surface area contributed by atoms with Crippen LogP contribution >= 0.6 is 0 Å². The van der Waals surface area contributed by atoms with Gasteiger partial charge in [-0.1, -0.05) is 0 Å². The van der Waals surface area contributed by atoms with Gasteiger partial charge in [-0.25, -0.2) is 8.78 Å². The number of carbonyl (C=O) groups is 2. The van der Waals surface area contributed by atoms with Crippen molar-refractivity contribution in [2.24, 2.45) is 5.92 Å². The third-order valence-corrected chi connectivity index (χ3v) is 2.80. The molecule has 0 unspecified atom stereocenters. The van der Waals surface area contributed by atoms with E-state index in [1.807, 2.05) is 0 Å². The molecule has 1 aliphatic heterocycles. The van der Waals surface area contributed by atoms with E-state index in [9.17, 15) is 27.2 Å². The van der Waals surface area contributed by atoms with Gasteiger partial charge in [-0.3, -0.25) is 9.59 Å². The van der Waals surface area contributed by atoms with E-state index in [2.05, 4.69) is 4.74 Å². The topological polar surface area (TPSA) is 46.6 Å². The number of likely N-dealkylation sites (tertiary alicyclic amines) is 1. The minimum Gasteiger partial charge on any atom is -0.469 e. The van der Waals surface area contributed by atoms with Gasteiger partial charge in [-0.05, 0) is 12.8 Å². The van der Waals surface area contributed by atoms with Crippen LogP contribution in [0.4, 0.5) is 17.6 Å². The van der Waals surface area contributed by atoms with Crippen molar-refractivity contribution in [3.8, 4) is 0 Å². The number of rotatable bonds is 3. The molecule has 4 nitrogen and oxygen atoms in total. The summed E-state index contributed by atoms with van der Waals surface area (Å²) in [4.78, 5) is 23.1. The van der Waals surface area contributed by atoms with Gasteiger partial charge in [0, 0.05) is 13.1 Å². The van der Waals surface area contributed by atoms with Gasteiger partial charge in [-0.2, -0.15) is 8.78 Å². The lowest BCUT2D eigenvalue weighted by Gasteiger charge is -2.33. The summed E-state index contributed by atoms with van der Waals surface area (Å²) in [5, 5.41) is 0. The number of piperidine rings is 1. The molecule has 0 radical (unpaired) electrons. The predicted molar refractivity (Wildman–Crippen MR) is 52.3 cm³/mol. The van der Waals surface area contributed by atoms with Gasteiger partial charge >= 0.3 is 18.3 Å². The Morgan fingerprint density at radius 2 is 2.00 bits per heavy atom. The quantitative estimate of drug-likeness (QED) is 0.574. The average molecular weight is 271 g/mol. The highest BCUT2D eigenvalue weighted by Gasteiger charge is 2.51. The van der Waals surface area contributed by atoms with Crippen molar-refractivity contribution < 1.29 is 31.9 Å². The summed E-state index contributed by atoms with van der Waals surface area (Å²) in [5.41, 5.74) is 0. The zero-order valence-electron chi connectivity index (χ0n) is 9.67. The Labute approximate surface area is 101 Å². The normalized spacial score (nSPS) is 21.0. The summed E-state index contributed by atoms with van der Waals surface area (Å²) in [5.74, 6) is -8.02. The minimum absolute atomic E-state index is 0.0609. The van der Waals surface area contributed by atoms with Gasteiger partial charge in [-0.15, -0.1) is 0 Å². The number of amides is 1. The smallest absolute Gasteiger partial charge is 0.383 e. The predicted octanol–water partition coefficient (Wildman–Crippen LogP) is 1.30. The Balaban J connectivity index is 2.72. The Kier molecular flexibility index (Phi) is 4.53. The molecule has 1 heterocycles.